The molecule has 7 heteroatoms. The van der Waals surface area contributed by atoms with Gasteiger partial charge in [-0.25, -0.2) is 4.39 Å². The lowest BCUT2D eigenvalue weighted by molar-refractivity contribution is 0.171. The predicted octanol–water partition coefficient (Wildman–Crippen LogP) is 4.26. The molecule has 0 aliphatic heterocycles. The molecule has 1 unspecified atom stereocenters. The third kappa shape index (κ3) is 4.48. The summed E-state index contributed by atoms with van der Waals surface area (Å²) < 4.78 is 30.0. The highest BCUT2D eigenvalue weighted by Crippen LogP contribution is 2.26. The predicted molar refractivity (Wildman–Crippen MR) is 104 cm³/mol. The van der Waals surface area contributed by atoms with Crippen molar-refractivity contribution in [2.24, 2.45) is 0 Å². The molecule has 1 aromatic heterocycles. The van der Waals surface area contributed by atoms with E-state index in [1.54, 1.807) is 26.2 Å². The maximum Gasteiger partial charge on any atom is 0.244 e. The number of nitrogens with zero attached hydrogens (tertiary/aromatic N) is 3. The van der Waals surface area contributed by atoms with E-state index in [1.165, 1.54) is 6.07 Å². The van der Waals surface area contributed by atoms with E-state index >= 15 is 0 Å². The van der Waals surface area contributed by atoms with Crippen LogP contribution in [0.1, 0.15) is 24.4 Å². The Morgan fingerprint density at radius 3 is 2.64 bits per heavy atom. The van der Waals surface area contributed by atoms with E-state index in [0.717, 1.165) is 5.56 Å². The smallest absolute Gasteiger partial charge is 0.244 e. The number of para-hydroxylation sites is 2. The lowest BCUT2D eigenvalue weighted by atomic mass is 10.1. The molecule has 6 nitrogen and oxygen atoms in total. The van der Waals surface area contributed by atoms with Crippen LogP contribution in [0.2, 0.25) is 0 Å². The normalized spacial score (nSPS) is 12.2. The fourth-order valence-corrected chi connectivity index (χ4v) is 2.73. The number of halogens is 1. The minimum atomic E-state index is -0.254. The van der Waals surface area contributed by atoms with Gasteiger partial charge in [0.1, 0.15) is 12.4 Å². The second-order valence-corrected chi connectivity index (χ2v) is 6.58. The van der Waals surface area contributed by atoms with Crippen LogP contribution in [0.4, 0.5) is 4.39 Å². The van der Waals surface area contributed by atoms with E-state index in [-0.39, 0.29) is 11.9 Å². The Morgan fingerprint density at radius 1 is 1.18 bits per heavy atom. The van der Waals surface area contributed by atoms with Crippen molar-refractivity contribution in [2.75, 3.05) is 27.3 Å². The molecule has 0 bridgehead atoms. The van der Waals surface area contributed by atoms with Gasteiger partial charge in [0.15, 0.2) is 11.5 Å². The van der Waals surface area contributed by atoms with E-state index in [2.05, 4.69) is 15.0 Å². The fraction of sp³-hybridized carbons (Fsp3) is 0.333. The maximum absolute atomic E-state index is 13.5. The van der Waals surface area contributed by atoms with Crippen LogP contribution in [0.15, 0.2) is 47.0 Å². The molecule has 1 atom stereocenters. The largest absolute Gasteiger partial charge is 0.493 e. The summed E-state index contributed by atoms with van der Waals surface area (Å²) in [5, 5.41) is 4.03. The van der Waals surface area contributed by atoms with Crippen molar-refractivity contribution in [1.29, 1.82) is 0 Å². The standard InChI is InChI=1S/C21H24FN3O3/c1-14-13-16(9-10-17(14)22)20-23-21(28-24-20)15(2)25(3)11-12-27-19-8-6-5-7-18(19)26-4/h5-10,13,15H,11-12H2,1-4H3. The van der Waals surface area contributed by atoms with Crippen LogP contribution < -0.4 is 9.47 Å². The molecule has 0 aliphatic carbocycles. The summed E-state index contributed by atoms with van der Waals surface area (Å²) in [5.74, 6) is 2.10. The molecule has 3 rings (SSSR count). The van der Waals surface area contributed by atoms with Gasteiger partial charge in [-0.15, -0.1) is 0 Å². The van der Waals surface area contributed by atoms with Gasteiger partial charge in [-0.1, -0.05) is 17.3 Å². The number of aromatic nitrogens is 2. The Balaban J connectivity index is 1.60. The van der Waals surface area contributed by atoms with E-state index in [0.29, 0.717) is 41.9 Å². The Morgan fingerprint density at radius 2 is 1.93 bits per heavy atom. The van der Waals surface area contributed by atoms with E-state index in [4.69, 9.17) is 14.0 Å². The van der Waals surface area contributed by atoms with Crippen molar-refractivity contribution in [3.8, 4) is 22.9 Å². The third-order valence-electron chi connectivity index (χ3n) is 4.65. The van der Waals surface area contributed by atoms with E-state index in [9.17, 15) is 4.39 Å². The molecule has 0 saturated carbocycles. The maximum atomic E-state index is 13.5. The summed E-state index contributed by atoms with van der Waals surface area (Å²) in [7, 11) is 3.58. The molecule has 1 heterocycles. The van der Waals surface area contributed by atoms with Gasteiger partial charge in [0, 0.05) is 12.1 Å². The quantitative estimate of drug-likeness (QED) is 0.577. The van der Waals surface area contributed by atoms with Gasteiger partial charge in [-0.3, -0.25) is 4.90 Å². The summed E-state index contributed by atoms with van der Waals surface area (Å²) in [6.45, 7) is 4.83. The average molecular weight is 385 g/mol. The monoisotopic (exact) mass is 385 g/mol. The SMILES string of the molecule is COc1ccccc1OCCN(C)C(C)c1nc(-c2ccc(F)c(C)c2)no1. The first-order valence-corrected chi connectivity index (χ1v) is 9.05. The molecule has 2 aromatic carbocycles. The lowest BCUT2D eigenvalue weighted by Crippen LogP contribution is -2.27. The van der Waals surface area contributed by atoms with Gasteiger partial charge in [-0.2, -0.15) is 4.98 Å². The molecule has 0 saturated heterocycles. The molecule has 148 valence electrons. The van der Waals surface area contributed by atoms with Crippen LogP contribution in [-0.2, 0) is 0 Å². The zero-order valence-electron chi connectivity index (χ0n) is 16.5. The van der Waals surface area contributed by atoms with Crippen molar-refractivity contribution in [1.82, 2.24) is 15.0 Å². The highest BCUT2D eigenvalue weighted by Gasteiger charge is 2.19. The Labute approximate surface area is 163 Å². The summed E-state index contributed by atoms with van der Waals surface area (Å²) >= 11 is 0. The first-order chi connectivity index (χ1) is 13.5. The zero-order valence-corrected chi connectivity index (χ0v) is 16.5. The van der Waals surface area contributed by atoms with Gasteiger partial charge < -0.3 is 14.0 Å². The number of benzene rings is 2. The Kier molecular flexibility index (Phi) is 6.26. The molecule has 0 spiro atoms. The van der Waals surface area contributed by atoms with Crippen LogP contribution in [0.5, 0.6) is 11.5 Å². The van der Waals surface area contributed by atoms with Crippen LogP contribution in [-0.4, -0.2) is 42.3 Å². The number of ether oxygens (including phenoxy) is 2. The number of methoxy groups -OCH3 is 1. The third-order valence-corrected chi connectivity index (χ3v) is 4.65. The number of rotatable bonds is 8. The summed E-state index contributed by atoms with van der Waals surface area (Å²) in [6, 6.07) is 12.2. The second-order valence-electron chi connectivity index (χ2n) is 6.58. The van der Waals surface area contributed by atoms with Crippen molar-refractivity contribution < 1.29 is 18.4 Å². The number of hydrogen-bond acceptors (Lipinski definition) is 6. The Hall–Kier alpha value is -2.93. The van der Waals surface area contributed by atoms with Crippen molar-refractivity contribution >= 4 is 0 Å². The van der Waals surface area contributed by atoms with Gasteiger partial charge in [-0.05, 0) is 56.8 Å². The highest BCUT2D eigenvalue weighted by atomic mass is 19.1. The first-order valence-electron chi connectivity index (χ1n) is 9.05. The van der Waals surface area contributed by atoms with Gasteiger partial charge in [0.25, 0.3) is 0 Å². The molecule has 0 amide bonds. The topological polar surface area (TPSA) is 60.6 Å². The van der Waals surface area contributed by atoms with E-state index < -0.39 is 0 Å². The van der Waals surface area contributed by atoms with Crippen molar-refractivity contribution in [2.45, 2.75) is 19.9 Å². The minimum Gasteiger partial charge on any atom is -0.493 e. The number of hydrogen-bond donors (Lipinski definition) is 0. The first kappa shape index (κ1) is 19.8. The minimum absolute atomic E-state index is 0.0935. The summed E-state index contributed by atoms with van der Waals surface area (Å²) in [4.78, 5) is 6.52. The van der Waals surface area contributed by atoms with Crippen molar-refractivity contribution in [3.63, 3.8) is 0 Å². The number of aryl methyl sites for hydroxylation is 1. The number of likely N-dealkylation sites (N-methyl/N-ethyl adjacent to an activating group) is 1. The molecule has 0 N–H and O–H groups in total. The fourth-order valence-electron chi connectivity index (χ4n) is 2.73. The molecule has 0 fully saturated rings. The van der Waals surface area contributed by atoms with Gasteiger partial charge in [0.05, 0.1) is 13.2 Å². The highest BCUT2D eigenvalue weighted by molar-refractivity contribution is 5.55. The van der Waals surface area contributed by atoms with Crippen molar-refractivity contribution in [3.05, 3.63) is 59.7 Å². The van der Waals surface area contributed by atoms with Crippen LogP contribution in [0.25, 0.3) is 11.4 Å². The van der Waals surface area contributed by atoms with Crippen LogP contribution in [0, 0.1) is 12.7 Å². The summed E-state index contributed by atoms with van der Waals surface area (Å²) in [6.07, 6.45) is 0. The molecule has 0 aliphatic rings. The Bertz CT molecular complexity index is 929. The van der Waals surface area contributed by atoms with Gasteiger partial charge >= 0.3 is 0 Å². The van der Waals surface area contributed by atoms with Crippen LogP contribution >= 0.6 is 0 Å². The van der Waals surface area contributed by atoms with Gasteiger partial charge in [0.2, 0.25) is 11.7 Å². The summed E-state index contributed by atoms with van der Waals surface area (Å²) in [5.41, 5.74) is 1.27. The average Bonchev–Trinajstić information content (AvgIpc) is 3.20. The molecule has 3 aromatic rings. The lowest BCUT2D eigenvalue weighted by Gasteiger charge is -2.21. The molecule has 0 radical (unpaired) electrons. The molecular formula is C21H24FN3O3. The molecular weight excluding hydrogens is 361 g/mol. The zero-order chi connectivity index (χ0) is 20.1. The van der Waals surface area contributed by atoms with Crippen LogP contribution in [0.3, 0.4) is 0 Å². The van der Waals surface area contributed by atoms with E-state index in [1.807, 2.05) is 38.2 Å². The molecule has 28 heavy (non-hydrogen) atoms. The second kappa shape index (κ2) is 8.84.